The van der Waals surface area contributed by atoms with Crippen LogP contribution in [0.1, 0.15) is 30.4 Å². The minimum absolute atomic E-state index is 0.00811. The zero-order valence-corrected chi connectivity index (χ0v) is 19.6. The van der Waals surface area contributed by atoms with Gasteiger partial charge < -0.3 is 24.0 Å². The number of hydrogen-bond donors (Lipinski definition) is 0. The maximum absolute atomic E-state index is 13.3. The van der Waals surface area contributed by atoms with Crippen LogP contribution >= 0.6 is 12.2 Å². The van der Waals surface area contributed by atoms with Crippen LogP contribution in [0, 0.1) is 6.92 Å². The van der Waals surface area contributed by atoms with Crippen molar-refractivity contribution in [2.24, 2.45) is 0 Å². The molecule has 2 aliphatic heterocycles. The number of ether oxygens (including phenoxy) is 3. The van der Waals surface area contributed by atoms with E-state index in [1.54, 1.807) is 9.80 Å². The number of amides is 2. The van der Waals surface area contributed by atoms with E-state index < -0.39 is 12.0 Å². The molecule has 4 rings (SSSR count). The van der Waals surface area contributed by atoms with E-state index in [1.165, 1.54) is 7.11 Å². The van der Waals surface area contributed by atoms with Crippen molar-refractivity contribution in [3.63, 3.8) is 0 Å². The van der Waals surface area contributed by atoms with Gasteiger partial charge >= 0.3 is 17.2 Å². The third-order valence-electron chi connectivity index (χ3n) is 6.15. The van der Waals surface area contributed by atoms with Gasteiger partial charge in [0.1, 0.15) is 17.9 Å². The molecule has 2 heterocycles. The van der Waals surface area contributed by atoms with Crippen molar-refractivity contribution in [2.45, 2.75) is 50.9 Å². The number of nitrogens with zero attached hydrogens (tertiary/aromatic N) is 2. The molecular weight excluding hydrogens is 440 g/mol. The van der Waals surface area contributed by atoms with Crippen LogP contribution in [0.4, 0.5) is 4.79 Å². The summed E-state index contributed by atoms with van der Waals surface area (Å²) < 4.78 is 16.6. The zero-order chi connectivity index (χ0) is 23.4. The molecule has 174 valence electrons. The van der Waals surface area contributed by atoms with Gasteiger partial charge in [-0.2, -0.15) is 0 Å². The number of rotatable bonds is 5. The number of hydrogen-bond acceptors (Lipinski definition) is 6. The summed E-state index contributed by atoms with van der Waals surface area (Å²) in [6.07, 6.45) is 1.26. The first kappa shape index (κ1) is 23.0. The Morgan fingerprint density at radius 2 is 1.82 bits per heavy atom. The Morgan fingerprint density at radius 1 is 1.09 bits per heavy atom. The van der Waals surface area contributed by atoms with E-state index in [0.29, 0.717) is 31.7 Å². The van der Waals surface area contributed by atoms with Crippen molar-refractivity contribution in [3.8, 4) is 5.75 Å². The highest BCUT2D eigenvalue weighted by Gasteiger charge is 2.47. The average molecular weight is 469 g/mol. The van der Waals surface area contributed by atoms with E-state index >= 15 is 0 Å². The molecule has 8 heteroatoms. The Morgan fingerprint density at radius 3 is 2.52 bits per heavy atom. The summed E-state index contributed by atoms with van der Waals surface area (Å²) in [6, 6.07) is 16.3. The molecule has 0 N–H and O–H groups in total. The fourth-order valence-electron chi connectivity index (χ4n) is 4.50. The molecule has 2 amide bonds. The van der Waals surface area contributed by atoms with Crippen molar-refractivity contribution in [3.05, 3.63) is 65.7 Å². The third-order valence-corrected chi connectivity index (χ3v) is 6.33. The Kier molecular flexibility index (Phi) is 7.13. The Hall–Kier alpha value is -3.13. The number of fused-ring (bicyclic) bond motifs is 1. The van der Waals surface area contributed by atoms with Crippen molar-refractivity contribution in [2.75, 3.05) is 13.7 Å². The number of methoxy groups -OCH3 is 1. The molecule has 0 spiro atoms. The monoisotopic (exact) mass is 468 g/mol. The van der Waals surface area contributed by atoms with E-state index in [4.69, 9.17) is 26.4 Å². The van der Waals surface area contributed by atoms with E-state index in [1.807, 2.05) is 61.5 Å². The van der Waals surface area contributed by atoms with Crippen molar-refractivity contribution >= 4 is 29.5 Å². The van der Waals surface area contributed by atoms with E-state index in [-0.39, 0.29) is 23.4 Å². The van der Waals surface area contributed by atoms with Crippen LogP contribution in [0.25, 0.3) is 0 Å². The Bertz CT molecular complexity index is 998. The van der Waals surface area contributed by atoms with Gasteiger partial charge in [-0.25, -0.2) is 9.59 Å². The summed E-state index contributed by atoms with van der Waals surface area (Å²) in [6.45, 7) is 3.11. The van der Waals surface area contributed by atoms with Gasteiger partial charge in [0.25, 0.3) is 0 Å². The van der Waals surface area contributed by atoms with Gasteiger partial charge in [-0.1, -0.05) is 48.0 Å². The van der Waals surface area contributed by atoms with Gasteiger partial charge in [-0.05, 0) is 31.0 Å². The van der Waals surface area contributed by atoms with Gasteiger partial charge in [0.2, 0.25) is 0 Å². The number of carbonyl (C=O) groups excluding carboxylic acids is 2. The first-order valence-electron chi connectivity index (χ1n) is 11.1. The lowest BCUT2D eigenvalue weighted by atomic mass is 9.89. The normalized spacial score (nSPS) is 22.4. The summed E-state index contributed by atoms with van der Waals surface area (Å²) in [5.74, 6) is 0.144. The highest BCUT2D eigenvalue weighted by Crippen LogP contribution is 2.33. The van der Waals surface area contributed by atoms with Gasteiger partial charge in [-0.3, -0.25) is 0 Å². The van der Waals surface area contributed by atoms with Crippen LogP contribution < -0.4 is 4.74 Å². The molecular formula is C25H28N2O5S. The molecule has 2 aromatic carbocycles. The zero-order valence-electron chi connectivity index (χ0n) is 18.8. The number of urea groups is 1. The molecule has 0 bridgehead atoms. The standard InChI is InChI=1S/C25H28N2O5S/c1-17-8-10-20(11-9-17)31-25(33)32-21-14-19-12-13-26(16-18-6-4-3-5-7-18)24(29)27(19)22(15-21)23(28)30-2/h3-11,19,21-22H,12-16H2,1-2H3/t19-,21-,22+/m1/s1. The fourth-order valence-corrected chi connectivity index (χ4v) is 4.73. The lowest BCUT2D eigenvalue weighted by molar-refractivity contribution is -0.151. The predicted molar refractivity (Wildman–Crippen MR) is 127 cm³/mol. The first-order valence-corrected chi connectivity index (χ1v) is 11.5. The molecule has 0 saturated carbocycles. The largest absolute Gasteiger partial charge is 0.467 e. The van der Waals surface area contributed by atoms with Crippen molar-refractivity contribution < 1.29 is 23.8 Å². The lowest BCUT2D eigenvalue weighted by Crippen LogP contribution is -2.63. The molecule has 2 aromatic rings. The number of aryl methyl sites for hydroxylation is 1. The summed E-state index contributed by atoms with van der Waals surface area (Å²) in [5, 5.41) is 0.00811. The number of thiocarbonyl (C=S) groups is 1. The first-order chi connectivity index (χ1) is 15.9. The quantitative estimate of drug-likeness (QED) is 0.487. The molecule has 0 radical (unpaired) electrons. The van der Waals surface area contributed by atoms with Gasteiger partial charge in [0, 0.05) is 44.2 Å². The Labute approximate surface area is 199 Å². The van der Waals surface area contributed by atoms with Crippen LogP contribution in [0.2, 0.25) is 0 Å². The lowest BCUT2D eigenvalue weighted by Gasteiger charge is -2.48. The molecule has 2 aliphatic rings. The number of piperidine rings is 1. The van der Waals surface area contributed by atoms with Crippen molar-refractivity contribution in [1.29, 1.82) is 0 Å². The van der Waals surface area contributed by atoms with Crippen LogP contribution in [-0.2, 0) is 20.8 Å². The minimum atomic E-state index is -0.730. The highest BCUT2D eigenvalue weighted by molar-refractivity contribution is 7.79. The summed E-state index contributed by atoms with van der Waals surface area (Å²) in [4.78, 5) is 29.4. The topological polar surface area (TPSA) is 68.3 Å². The molecule has 7 nitrogen and oxygen atoms in total. The summed E-state index contributed by atoms with van der Waals surface area (Å²) in [7, 11) is 1.34. The molecule has 2 saturated heterocycles. The second kappa shape index (κ2) is 10.2. The smallest absolute Gasteiger partial charge is 0.358 e. The van der Waals surface area contributed by atoms with E-state index in [0.717, 1.165) is 17.5 Å². The number of esters is 1. The Balaban J connectivity index is 1.43. The molecule has 2 fully saturated rings. The summed E-state index contributed by atoms with van der Waals surface area (Å²) in [5.41, 5.74) is 2.17. The van der Waals surface area contributed by atoms with Crippen molar-refractivity contribution in [1.82, 2.24) is 9.80 Å². The number of carbonyl (C=O) groups is 2. The van der Waals surface area contributed by atoms with Crippen LogP contribution in [0.15, 0.2) is 54.6 Å². The van der Waals surface area contributed by atoms with Crippen LogP contribution in [-0.4, -0.2) is 58.9 Å². The molecule has 0 aliphatic carbocycles. The minimum Gasteiger partial charge on any atom is -0.467 e. The predicted octanol–water partition coefficient (Wildman–Crippen LogP) is 4.08. The molecule has 33 heavy (non-hydrogen) atoms. The molecule has 3 atom stereocenters. The van der Waals surface area contributed by atoms with Gasteiger partial charge in [0.05, 0.1) is 7.11 Å². The second-order valence-electron chi connectivity index (χ2n) is 8.45. The maximum atomic E-state index is 13.3. The average Bonchev–Trinajstić information content (AvgIpc) is 2.82. The SMILES string of the molecule is COC(=O)[C@@H]1C[C@H](OC(=S)Oc2ccc(C)cc2)C[C@H]2CCN(Cc3ccccc3)C(=O)N21. The van der Waals surface area contributed by atoms with Crippen LogP contribution in [0.3, 0.4) is 0 Å². The highest BCUT2D eigenvalue weighted by atomic mass is 32.1. The van der Waals surface area contributed by atoms with E-state index in [9.17, 15) is 9.59 Å². The van der Waals surface area contributed by atoms with E-state index in [2.05, 4.69) is 0 Å². The number of benzene rings is 2. The van der Waals surface area contributed by atoms with Crippen LogP contribution in [0.5, 0.6) is 5.75 Å². The third kappa shape index (κ3) is 5.45. The fraction of sp³-hybridized carbons (Fsp3) is 0.400. The molecule has 0 unspecified atom stereocenters. The second-order valence-corrected chi connectivity index (χ2v) is 8.79. The molecule has 0 aromatic heterocycles. The summed E-state index contributed by atoms with van der Waals surface area (Å²) >= 11 is 5.29. The van der Waals surface area contributed by atoms with Gasteiger partial charge in [-0.15, -0.1) is 0 Å². The van der Waals surface area contributed by atoms with Gasteiger partial charge in [0.15, 0.2) is 0 Å². The maximum Gasteiger partial charge on any atom is 0.358 e.